The number of amides is 1. The standard InChI is InChI=1S/C28H38N4O3/c1-20-14-25(22(3)32(20)21(2)19-34-4)15-26(16-29)28(33)30-17-23-10-12-31(13-11-23)18-24-6-8-27(35-5)9-7-24/h6-9,14-15,21,23H,10-13,17-19H2,1-5H3,(H,30,33). The van der Waals surface area contributed by atoms with Gasteiger partial charge in [0.25, 0.3) is 5.91 Å². The SMILES string of the molecule is COCC(C)n1c(C)cc(C=C(C#N)C(=O)NCC2CCN(Cc3ccc(OC)cc3)CC2)c1C. The largest absolute Gasteiger partial charge is 0.497 e. The Morgan fingerprint density at radius 1 is 1.23 bits per heavy atom. The third-order valence-electron chi connectivity index (χ3n) is 6.86. The van der Waals surface area contributed by atoms with E-state index in [9.17, 15) is 10.1 Å². The highest BCUT2D eigenvalue weighted by atomic mass is 16.5. The van der Waals surface area contributed by atoms with Crippen LogP contribution in [-0.2, 0) is 16.1 Å². The molecule has 1 N–H and O–H groups in total. The molecule has 1 aliphatic rings. The fraction of sp³-hybridized carbons (Fsp3) is 0.500. The minimum atomic E-state index is -0.303. The maximum absolute atomic E-state index is 12.8. The van der Waals surface area contributed by atoms with Gasteiger partial charge in [-0.1, -0.05) is 12.1 Å². The van der Waals surface area contributed by atoms with E-state index >= 15 is 0 Å². The first-order chi connectivity index (χ1) is 16.9. The Balaban J connectivity index is 1.52. The van der Waals surface area contributed by atoms with Gasteiger partial charge in [0.05, 0.1) is 19.8 Å². The van der Waals surface area contributed by atoms with Crippen molar-refractivity contribution in [2.24, 2.45) is 5.92 Å². The van der Waals surface area contributed by atoms with Crippen molar-refractivity contribution in [3.8, 4) is 11.8 Å². The van der Waals surface area contributed by atoms with Crippen LogP contribution in [0.15, 0.2) is 35.9 Å². The predicted octanol–water partition coefficient (Wildman–Crippen LogP) is 4.26. The van der Waals surface area contributed by atoms with Gasteiger partial charge in [-0.25, -0.2) is 0 Å². The lowest BCUT2D eigenvalue weighted by Gasteiger charge is -2.32. The van der Waals surface area contributed by atoms with Gasteiger partial charge in [0, 0.05) is 31.6 Å². The van der Waals surface area contributed by atoms with Crippen LogP contribution in [0.25, 0.3) is 6.08 Å². The van der Waals surface area contributed by atoms with Crippen LogP contribution in [-0.4, -0.2) is 55.8 Å². The van der Waals surface area contributed by atoms with E-state index in [-0.39, 0.29) is 17.5 Å². The molecule has 7 nitrogen and oxygen atoms in total. The molecule has 0 aliphatic carbocycles. The average Bonchev–Trinajstić information content (AvgIpc) is 3.14. The van der Waals surface area contributed by atoms with E-state index < -0.39 is 0 Å². The highest BCUT2D eigenvalue weighted by Crippen LogP contribution is 2.23. The second kappa shape index (κ2) is 12.6. The second-order valence-corrected chi connectivity index (χ2v) is 9.45. The van der Waals surface area contributed by atoms with Crippen LogP contribution in [0.4, 0.5) is 0 Å². The number of hydrogen-bond acceptors (Lipinski definition) is 5. The Bertz CT molecular complexity index is 1060. The van der Waals surface area contributed by atoms with Crippen molar-refractivity contribution >= 4 is 12.0 Å². The Morgan fingerprint density at radius 3 is 2.51 bits per heavy atom. The van der Waals surface area contributed by atoms with Crippen LogP contribution < -0.4 is 10.1 Å². The quantitative estimate of drug-likeness (QED) is 0.408. The number of nitrogens with one attached hydrogen (secondary N) is 1. The number of benzene rings is 1. The number of likely N-dealkylation sites (tertiary alicyclic amines) is 1. The zero-order valence-electron chi connectivity index (χ0n) is 21.6. The van der Waals surface area contributed by atoms with Gasteiger partial charge < -0.3 is 19.4 Å². The summed E-state index contributed by atoms with van der Waals surface area (Å²) in [5.74, 6) is 0.992. The smallest absolute Gasteiger partial charge is 0.261 e. The highest BCUT2D eigenvalue weighted by Gasteiger charge is 2.21. The first-order valence-corrected chi connectivity index (χ1v) is 12.3. The molecule has 1 aromatic heterocycles. The molecule has 7 heteroatoms. The van der Waals surface area contributed by atoms with Crippen molar-refractivity contribution in [1.29, 1.82) is 5.26 Å². The summed E-state index contributed by atoms with van der Waals surface area (Å²) in [6.45, 7) is 10.3. The minimum absolute atomic E-state index is 0.140. The molecular weight excluding hydrogens is 440 g/mol. The molecule has 1 atom stereocenters. The molecule has 35 heavy (non-hydrogen) atoms. The number of nitriles is 1. The molecule has 1 aliphatic heterocycles. The van der Waals surface area contributed by atoms with Crippen LogP contribution in [0.2, 0.25) is 0 Å². The van der Waals surface area contributed by atoms with E-state index in [1.807, 2.05) is 32.0 Å². The molecule has 1 amide bonds. The maximum Gasteiger partial charge on any atom is 0.261 e. The number of carbonyl (C=O) groups is 1. The third kappa shape index (κ3) is 6.97. The summed E-state index contributed by atoms with van der Waals surface area (Å²) in [4.78, 5) is 15.2. The average molecular weight is 479 g/mol. The summed E-state index contributed by atoms with van der Waals surface area (Å²) in [5, 5.41) is 12.6. The van der Waals surface area contributed by atoms with Gasteiger partial charge in [0.2, 0.25) is 0 Å². The molecule has 0 radical (unpaired) electrons. The zero-order valence-corrected chi connectivity index (χ0v) is 21.6. The highest BCUT2D eigenvalue weighted by molar-refractivity contribution is 6.01. The van der Waals surface area contributed by atoms with Crippen LogP contribution in [0.1, 0.15) is 48.3 Å². The molecule has 1 unspecified atom stereocenters. The van der Waals surface area contributed by atoms with Gasteiger partial charge in [0.1, 0.15) is 17.4 Å². The molecule has 0 saturated carbocycles. The van der Waals surface area contributed by atoms with Crippen LogP contribution >= 0.6 is 0 Å². The molecule has 2 aromatic rings. The summed E-state index contributed by atoms with van der Waals surface area (Å²) in [6.07, 6.45) is 3.76. The molecule has 188 valence electrons. The molecule has 1 aromatic carbocycles. The van der Waals surface area contributed by atoms with E-state index in [1.165, 1.54) is 5.56 Å². The summed E-state index contributed by atoms with van der Waals surface area (Å²) < 4.78 is 12.7. The lowest BCUT2D eigenvalue weighted by molar-refractivity contribution is -0.117. The van der Waals surface area contributed by atoms with Crippen molar-refractivity contribution in [2.45, 2.75) is 46.2 Å². The van der Waals surface area contributed by atoms with E-state index in [2.05, 4.69) is 39.9 Å². The molecular formula is C28H38N4O3. The number of methoxy groups -OCH3 is 2. The van der Waals surface area contributed by atoms with Gasteiger partial charge in [-0.05, 0) is 88.0 Å². The minimum Gasteiger partial charge on any atom is -0.497 e. The number of nitrogens with zero attached hydrogens (tertiary/aromatic N) is 3. The summed E-state index contributed by atoms with van der Waals surface area (Å²) in [6, 6.07) is 12.5. The monoisotopic (exact) mass is 478 g/mol. The van der Waals surface area contributed by atoms with Crippen LogP contribution in [0.5, 0.6) is 5.75 Å². The van der Waals surface area contributed by atoms with Crippen molar-refractivity contribution in [2.75, 3.05) is 40.5 Å². The first-order valence-electron chi connectivity index (χ1n) is 12.3. The van der Waals surface area contributed by atoms with E-state index in [0.717, 1.165) is 55.2 Å². The summed E-state index contributed by atoms with van der Waals surface area (Å²) in [5.41, 5.74) is 4.41. The van der Waals surface area contributed by atoms with E-state index in [1.54, 1.807) is 20.3 Å². The Hall–Kier alpha value is -3.08. The Morgan fingerprint density at radius 2 is 1.91 bits per heavy atom. The van der Waals surface area contributed by atoms with Gasteiger partial charge in [-0.15, -0.1) is 0 Å². The zero-order chi connectivity index (χ0) is 25.4. The summed E-state index contributed by atoms with van der Waals surface area (Å²) in [7, 11) is 3.37. The number of aromatic nitrogens is 1. The van der Waals surface area contributed by atoms with Crippen molar-refractivity contribution in [1.82, 2.24) is 14.8 Å². The molecule has 0 bridgehead atoms. The van der Waals surface area contributed by atoms with Crippen LogP contribution in [0.3, 0.4) is 0 Å². The molecule has 1 saturated heterocycles. The van der Waals surface area contributed by atoms with Gasteiger partial charge in [-0.2, -0.15) is 5.26 Å². The normalized spacial score (nSPS) is 16.1. The van der Waals surface area contributed by atoms with E-state index in [0.29, 0.717) is 19.1 Å². The second-order valence-electron chi connectivity index (χ2n) is 9.45. The third-order valence-corrected chi connectivity index (χ3v) is 6.86. The number of hydrogen-bond donors (Lipinski definition) is 1. The predicted molar refractivity (Wildman–Crippen MR) is 138 cm³/mol. The fourth-order valence-electron chi connectivity index (χ4n) is 4.92. The Labute approximate surface area is 209 Å². The first kappa shape index (κ1) is 26.5. The topological polar surface area (TPSA) is 79.5 Å². The fourth-order valence-corrected chi connectivity index (χ4v) is 4.92. The lowest BCUT2D eigenvalue weighted by Crippen LogP contribution is -2.38. The van der Waals surface area contributed by atoms with Crippen molar-refractivity contribution in [3.63, 3.8) is 0 Å². The van der Waals surface area contributed by atoms with E-state index in [4.69, 9.17) is 9.47 Å². The van der Waals surface area contributed by atoms with Gasteiger partial charge >= 0.3 is 0 Å². The van der Waals surface area contributed by atoms with Crippen LogP contribution in [0, 0.1) is 31.1 Å². The number of aryl methyl sites for hydroxylation is 1. The molecule has 3 rings (SSSR count). The molecule has 1 fully saturated rings. The molecule has 0 spiro atoms. The number of carbonyl (C=O) groups excluding carboxylic acids is 1. The lowest BCUT2D eigenvalue weighted by atomic mass is 9.96. The summed E-state index contributed by atoms with van der Waals surface area (Å²) >= 11 is 0. The number of piperidine rings is 1. The number of ether oxygens (including phenoxy) is 2. The van der Waals surface area contributed by atoms with Gasteiger partial charge in [0.15, 0.2) is 0 Å². The maximum atomic E-state index is 12.8. The molecule has 2 heterocycles. The van der Waals surface area contributed by atoms with Gasteiger partial charge in [-0.3, -0.25) is 9.69 Å². The van der Waals surface area contributed by atoms with Crippen molar-refractivity contribution < 1.29 is 14.3 Å². The Kier molecular flexibility index (Phi) is 9.53. The van der Waals surface area contributed by atoms with Crippen molar-refractivity contribution in [3.05, 3.63) is 58.4 Å². The number of rotatable bonds is 10.